The summed E-state index contributed by atoms with van der Waals surface area (Å²) in [6, 6.07) is 12.2. The Balaban J connectivity index is 2.10. The Bertz CT molecular complexity index is 752. The third kappa shape index (κ3) is 2.45. The van der Waals surface area contributed by atoms with Crippen LogP contribution in [-0.2, 0) is 0 Å². The van der Waals surface area contributed by atoms with Gasteiger partial charge in [0.15, 0.2) is 0 Å². The lowest BCUT2D eigenvalue weighted by Crippen LogP contribution is -2.02. The van der Waals surface area contributed by atoms with Crippen molar-refractivity contribution < 1.29 is 0 Å². The second kappa shape index (κ2) is 5.25. The predicted octanol–water partition coefficient (Wildman–Crippen LogP) is 3.43. The van der Waals surface area contributed by atoms with Crippen LogP contribution in [-0.4, -0.2) is 21.5 Å². The van der Waals surface area contributed by atoms with Gasteiger partial charge in [-0.25, -0.2) is 9.97 Å². The maximum atomic E-state index is 4.52. The third-order valence-electron chi connectivity index (χ3n) is 3.09. The van der Waals surface area contributed by atoms with Crippen LogP contribution in [0.5, 0.6) is 0 Å². The zero-order valence-electron chi connectivity index (χ0n) is 11.6. The van der Waals surface area contributed by atoms with E-state index >= 15 is 0 Å². The number of aryl methyl sites for hydroxylation is 1. The average molecular weight is 264 g/mol. The number of nitrogens with one attached hydrogen (secondary N) is 1. The lowest BCUT2D eigenvalue weighted by molar-refractivity contribution is 1.04. The largest absolute Gasteiger partial charge is 0.370 e. The highest BCUT2D eigenvalue weighted by Crippen LogP contribution is 2.23. The maximum absolute atomic E-state index is 4.52. The van der Waals surface area contributed by atoms with Crippen molar-refractivity contribution in [3.8, 4) is 11.3 Å². The Labute approximate surface area is 117 Å². The fourth-order valence-electron chi connectivity index (χ4n) is 2.22. The van der Waals surface area contributed by atoms with Gasteiger partial charge in [0.2, 0.25) is 0 Å². The molecule has 0 saturated carbocycles. The van der Waals surface area contributed by atoms with Crippen molar-refractivity contribution in [3.05, 3.63) is 48.4 Å². The second-order valence-corrected chi connectivity index (χ2v) is 4.63. The summed E-state index contributed by atoms with van der Waals surface area (Å²) in [4.78, 5) is 13.2. The Morgan fingerprint density at radius 2 is 2.00 bits per heavy atom. The number of pyridine rings is 1. The van der Waals surface area contributed by atoms with Crippen LogP contribution in [0.1, 0.15) is 12.7 Å². The first-order chi connectivity index (χ1) is 9.76. The molecule has 100 valence electrons. The van der Waals surface area contributed by atoms with Crippen LogP contribution in [0.3, 0.4) is 0 Å². The van der Waals surface area contributed by atoms with Crippen LogP contribution >= 0.6 is 0 Å². The van der Waals surface area contributed by atoms with E-state index in [0.717, 1.165) is 40.3 Å². The van der Waals surface area contributed by atoms with Gasteiger partial charge in [0, 0.05) is 29.8 Å². The number of benzene rings is 1. The van der Waals surface area contributed by atoms with Crippen molar-refractivity contribution in [2.45, 2.75) is 13.8 Å². The van der Waals surface area contributed by atoms with Gasteiger partial charge in [0.1, 0.15) is 11.6 Å². The van der Waals surface area contributed by atoms with Gasteiger partial charge >= 0.3 is 0 Å². The quantitative estimate of drug-likeness (QED) is 0.787. The van der Waals surface area contributed by atoms with Gasteiger partial charge in [-0.15, -0.1) is 0 Å². The number of anilines is 1. The van der Waals surface area contributed by atoms with Gasteiger partial charge in [-0.05, 0) is 32.0 Å². The Morgan fingerprint density at radius 1 is 1.10 bits per heavy atom. The Kier molecular flexibility index (Phi) is 3.29. The van der Waals surface area contributed by atoms with E-state index in [-0.39, 0.29) is 0 Å². The summed E-state index contributed by atoms with van der Waals surface area (Å²) in [5.74, 6) is 1.63. The van der Waals surface area contributed by atoms with Crippen molar-refractivity contribution in [1.29, 1.82) is 0 Å². The molecular formula is C16H16N4. The van der Waals surface area contributed by atoms with Gasteiger partial charge in [-0.2, -0.15) is 0 Å². The van der Waals surface area contributed by atoms with E-state index in [0.29, 0.717) is 0 Å². The lowest BCUT2D eigenvalue weighted by Gasteiger charge is -2.08. The predicted molar refractivity (Wildman–Crippen MR) is 81.7 cm³/mol. The summed E-state index contributed by atoms with van der Waals surface area (Å²) >= 11 is 0. The number of hydrogen-bond donors (Lipinski definition) is 1. The molecule has 0 atom stereocenters. The second-order valence-electron chi connectivity index (χ2n) is 4.63. The molecule has 3 rings (SSSR count). The zero-order valence-corrected chi connectivity index (χ0v) is 11.6. The summed E-state index contributed by atoms with van der Waals surface area (Å²) in [6.45, 7) is 4.81. The minimum atomic E-state index is 0.768. The number of rotatable bonds is 3. The number of nitrogens with zero attached hydrogens (tertiary/aromatic N) is 3. The van der Waals surface area contributed by atoms with Crippen LogP contribution < -0.4 is 5.32 Å². The molecule has 0 aliphatic heterocycles. The molecule has 20 heavy (non-hydrogen) atoms. The summed E-state index contributed by atoms with van der Waals surface area (Å²) in [5, 5.41) is 4.35. The van der Waals surface area contributed by atoms with Gasteiger partial charge in [0.25, 0.3) is 0 Å². The summed E-state index contributed by atoms with van der Waals surface area (Å²) < 4.78 is 0. The number of aromatic nitrogens is 3. The van der Waals surface area contributed by atoms with E-state index in [9.17, 15) is 0 Å². The fraction of sp³-hybridized carbons (Fsp3) is 0.188. The Morgan fingerprint density at radius 3 is 2.85 bits per heavy atom. The van der Waals surface area contributed by atoms with Gasteiger partial charge in [-0.1, -0.05) is 12.1 Å². The minimum absolute atomic E-state index is 0.768. The summed E-state index contributed by atoms with van der Waals surface area (Å²) in [6.07, 6.45) is 1.81. The first kappa shape index (κ1) is 12.5. The van der Waals surface area contributed by atoms with E-state index in [4.69, 9.17) is 0 Å². The maximum Gasteiger partial charge on any atom is 0.130 e. The first-order valence-corrected chi connectivity index (χ1v) is 6.71. The molecular weight excluding hydrogens is 248 g/mol. The van der Waals surface area contributed by atoms with E-state index < -0.39 is 0 Å². The minimum Gasteiger partial charge on any atom is -0.370 e. The molecule has 0 saturated heterocycles. The lowest BCUT2D eigenvalue weighted by atomic mass is 10.1. The summed E-state index contributed by atoms with van der Waals surface area (Å²) in [5.41, 5.74) is 3.00. The van der Waals surface area contributed by atoms with Crippen molar-refractivity contribution >= 4 is 16.7 Å². The molecule has 1 N–H and O–H groups in total. The standard InChI is InChI=1S/C16H16N4/c1-3-17-16-10-15(19-11(2)20-16)13-6-7-14-12(9-13)5-4-8-18-14/h4-10H,3H2,1-2H3,(H,17,19,20). The molecule has 0 bridgehead atoms. The molecule has 0 aliphatic rings. The molecule has 4 nitrogen and oxygen atoms in total. The van der Waals surface area contributed by atoms with Gasteiger partial charge in [-0.3, -0.25) is 4.98 Å². The van der Waals surface area contributed by atoms with E-state index in [1.807, 2.05) is 31.2 Å². The summed E-state index contributed by atoms with van der Waals surface area (Å²) in [7, 11) is 0. The number of hydrogen-bond acceptors (Lipinski definition) is 4. The first-order valence-electron chi connectivity index (χ1n) is 6.71. The van der Waals surface area contributed by atoms with Crippen molar-refractivity contribution in [3.63, 3.8) is 0 Å². The highest BCUT2D eigenvalue weighted by molar-refractivity contribution is 5.83. The average Bonchev–Trinajstić information content (AvgIpc) is 2.46. The molecule has 4 heteroatoms. The van der Waals surface area contributed by atoms with Crippen molar-refractivity contribution in [2.24, 2.45) is 0 Å². The van der Waals surface area contributed by atoms with Crippen LogP contribution in [0.25, 0.3) is 22.2 Å². The van der Waals surface area contributed by atoms with Gasteiger partial charge < -0.3 is 5.32 Å². The number of fused-ring (bicyclic) bond motifs is 1. The zero-order chi connectivity index (χ0) is 13.9. The highest BCUT2D eigenvalue weighted by Gasteiger charge is 2.05. The van der Waals surface area contributed by atoms with Crippen LogP contribution in [0, 0.1) is 6.92 Å². The molecule has 0 spiro atoms. The van der Waals surface area contributed by atoms with Crippen LogP contribution in [0.15, 0.2) is 42.6 Å². The molecule has 0 radical (unpaired) electrons. The van der Waals surface area contributed by atoms with E-state index in [2.05, 4.69) is 39.3 Å². The van der Waals surface area contributed by atoms with Crippen molar-refractivity contribution in [2.75, 3.05) is 11.9 Å². The molecule has 1 aromatic carbocycles. The normalized spacial score (nSPS) is 10.7. The molecule has 2 heterocycles. The van der Waals surface area contributed by atoms with E-state index in [1.165, 1.54) is 0 Å². The monoisotopic (exact) mass is 264 g/mol. The molecule has 2 aromatic heterocycles. The molecule has 0 fully saturated rings. The fourth-order valence-corrected chi connectivity index (χ4v) is 2.22. The SMILES string of the molecule is CCNc1cc(-c2ccc3ncccc3c2)nc(C)n1. The smallest absolute Gasteiger partial charge is 0.130 e. The molecule has 0 unspecified atom stereocenters. The molecule has 0 amide bonds. The third-order valence-corrected chi connectivity index (χ3v) is 3.09. The Hall–Kier alpha value is -2.49. The van der Waals surface area contributed by atoms with Crippen LogP contribution in [0.4, 0.5) is 5.82 Å². The molecule has 3 aromatic rings. The molecule has 0 aliphatic carbocycles. The van der Waals surface area contributed by atoms with Crippen LogP contribution in [0.2, 0.25) is 0 Å². The van der Waals surface area contributed by atoms with E-state index in [1.54, 1.807) is 6.20 Å². The topological polar surface area (TPSA) is 50.7 Å². The van der Waals surface area contributed by atoms with Crippen molar-refractivity contribution in [1.82, 2.24) is 15.0 Å². The van der Waals surface area contributed by atoms with Gasteiger partial charge in [0.05, 0.1) is 11.2 Å². The highest BCUT2D eigenvalue weighted by atomic mass is 15.0.